The normalized spacial score (nSPS) is 6.31. The van der Waals surface area contributed by atoms with E-state index in [1.54, 1.807) is 0 Å². The molecule has 0 aromatic rings. The van der Waals surface area contributed by atoms with Crippen LogP contribution < -0.4 is 20.4 Å². The van der Waals surface area contributed by atoms with E-state index >= 15 is 0 Å². The van der Waals surface area contributed by atoms with Gasteiger partial charge in [-0.05, 0) is 12.2 Å². The second-order valence-corrected chi connectivity index (χ2v) is 1.56. The van der Waals surface area contributed by atoms with Crippen molar-refractivity contribution in [1.29, 1.82) is 0 Å². The zero-order valence-electron chi connectivity index (χ0n) is 8.13. The summed E-state index contributed by atoms with van der Waals surface area (Å²) in [6, 6.07) is 0. The molecule has 8 heteroatoms. The van der Waals surface area contributed by atoms with E-state index in [0.717, 1.165) is 12.2 Å². The fourth-order valence-corrected chi connectivity index (χ4v) is 0. The molecule has 0 saturated heterocycles. The van der Waals surface area contributed by atoms with Crippen molar-refractivity contribution in [2.75, 3.05) is 6.61 Å². The van der Waals surface area contributed by atoms with Crippen molar-refractivity contribution < 1.29 is 56.5 Å². The Hall–Kier alpha value is -1.44. The van der Waals surface area contributed by atoms with E-state index in [1.165, 1.54) is 0 Å². The maximum absolute atomic E-state index is 9.14. The molecule has 7 nitrogen and oxygen atoms in total. The Labute approximate surface area is 107 Å². The molecule has 0 unspecified atom stereocenters. The second kappa shape index (κ2) is 19.2. The third-order valence-corrected chi connectivity index (χ3v) is 0.451. The van der Waals surface area contributed by atoms with Gasteiger partial charge in [0.25, 0.3) is 0 Å². The minimum atomic E-state index is -1.55. The Morgan fingerprint density at radius 2 is 1.06 bits per heavy atom. The van der Waals surface area contributed by atoms with E-state index < -0.39 is 24.5 Å². The van der Waals surface area contributed by atoms with E-state index in [-0.39, 0.29) is 21.7 Å². The van der Waals surface area contributed by atoms with Crippen LogP contribution in [0.15, 0.2) is 25.3 Å². The summed E-state index contributed by atoms with van der Waals surface area (Å²) in [6.45, 7) is 4.66. The fraction of sp³-hybridized carbons (Fsp3) is 0.125. The summed E-state index contributed by atoms with van der Waals surface area (Å²) in [4.78, 5) is 27.2. The van der Waals surface area contributed by atoms with Crippen molar-refractivity contribution in [3.8, 4) is 0 Å². The third-order valence-electron chi connectivity index (χ3n) is 0.451. The average molecular weight is 264 g/mol. The van der Waals surface area contributed by atoms with Crippen LogP contribution in [0.25, 0.3) is 0 Å². The van der Waals surface area contributed by atoms with E-state index in [4.69, 9.17) is 34.8 Å². The van der Waals surface area contributed by atoms with E-state index in [0.29, 0.717) is 0 Å². The summed E-state index contributed by atoms with van der Waals surface area (Å²) in [5.74, 6) is -4.01. The zero-order valence-corrected chi connectivity index (χ0v) is 9.70. The van der Waals surface area contributed by atoms with Gasteiger partial charge >= 0.3 is 21.7 Å². The van der Waals surface area contributed by atoms with Crippen LogP contribution in [0.5, 0.6) is 0 Å². The van der Waals surface area contributed by atoms with Gasteiger partial charge in [0.2, 0.25) is 0 Å². The Morgan fingerprint density at radius 1 is 0.938 bits per heavy atom. The van der Waals surface area contributed by atoms with E-state index in [1.807, 2.05) is 0 Å². The zero-order chi connectivity index (χ0) is 12.9. The number of carboxylic acids is 3. The van der Waals surface area contributed by atoms with Crippen molar-refractivity contribution in [2.24, 2.45) is 0 Å². The van der Waals surface area contributed by atoms with Crippen LogP contribution in [0.4, 0.5) is 0 Å². The molecular formula is C8H8O7Ti. The van der Waals surface area contributed by atoms with Gasteiger partial charge < -0.3 is 34.8 Å². The molecule has 0 rings (SSSR count). The van der Waals surface area contributed by atoms with E-state index in [2.05, 4.69) is 13.2 Å². The standard InChI is InChI=1S/2C3H4O2.C2H3O3.Ti/c2*1-2-3(4)5;3-1-2(4)5;/h2*2H,1H2,(H,4,5);1H2,(H,4,5);/q;;-1;+4/p-3. The van der Waals surface area contributed by atoms with Gasteiger partial charge in [-0.1, -0.05) is 19.8 Å². The van der Waals surface area contributed by atoms with Crippen LogP contribution in [-0.4, -0.2) is 24.5 Å². The molecule has 0 spiro atoms. The summed E-state index contributed by atoms with van der Waals surface area (Å²) < 4.78 is 0. The topological polar surface area (TPSA) is 143 Å². The Balaban J connectivity index is -0.0000000655. The fourth-order valence-electron chi connectivity index (χ4n) is 0. The number of aliphatic carboxylic acids is 3. The minimum Gasteiger partial charge on any atom is -0.850 e. The maximum atomic E-state index is 9.14. The molecule has 0 aliphatic carbocycles. The Kier molecular flexibility index (Phi) is 28.8. The van der Waals surface area contributed by atoms with Gasteiger partial charge in [0.05, 0.1) is 11.9 Å². The molecule has 0 bridgehead atoms. The number of carbonyl (C=O) groups excluding carboxylic acids is 3. The quantitative estimate of drug-likeness (QED) is 0.366. The first kappa shape index (κ1) is 24.0. The molecule has 0 fully saturated rings. The molecular weight excluding hydrogens is 256 g/mol. The summed E-state index contributed by atoms with van der Waals surface area (Å²) >= 11 is 0. The Morgan fingerprint density at radius 3 is 1.06 bits per heavy atom. The number of hydrogen-bond donors (Lipinski definition) is 0. The van der Waals surface area contributed by atoms with Crippen LogP contribution in [0, 0.1) is 0 Å². The molecule has 16 heavy (non-hydrogen) atoms. The second-order valence-electron chi connectivity index (χ2n) is 1.56. The minimum absolute atomic E-state index is 0. The number of hydrogen-bond acceptors (Lipinski definition) is 7. The molecule has 0 atom stereocenters. The SMILES string of the molecule is C=CC(=O)[O-].C=CC(=O)[O-].O=C([O-])C[O-].[Ti+4]. The largest absolute Gasteiger partial charge is 4.00 e. The van der Waals surface area contributed by atoms with Crippen LogP contribution >= 0.6 is 0 Å². The molecule has 0 aromatic carbocycles. The van der Waals surface area contributed by atoms with Gasteiger partial charge in [-0.15, -0.1) is 0 Å². The van der Waals surface area contributed by atoms with Gasteiger partial charge in [-0.3, -0.25) is 0 Å². The molecule has 0 saturated carbocycles. The molecule has 0 aromatic heterocycles. The van der Waals surface area contributed by atoms with Crippen molar-refractivity contribution >= 4 is 17.9 Å². The molecule has 0 heterocycles. The van der Waals surface area contributed by atoms with E-state index in [9.17, 15) is 0 Å². The number of rotatable bonds is 3. The summed E-state index contributed by atoms with van der Waals surface area (Å²) in [5.41, 5.74) is 0. The first-order valence-corrected chi connectivity index (χ1v) is 3.26. The first-order valence-electron chi connectivity index (χ1n) is 3.26. The number of carbonyl (C=O) groups is 3. The molecule has 0 radical (unpaired) electrons. The summed E-state index contributed by atoms with van der Waals surface area (Å²) in [5, 5.41) is 36.2. The first-order chi connectivity index (χ1) is 6.81. The van der Waals surface area contributed by atoms with Gasteiger partial charge in [0.1, 0.15) is 0 Å². The van der Waals surface area contributed by atoms with Crippen LogP contribution in [0.3, 0.4) is 0 Å². The Bertz CT molecular complexity index is 219. The average Bonchev–Trinajstić information content (AvgIpc) is 2.19. The maximum Gasteiger partial charge on any atom is 4.00 e. The van der Waals surface area contributed by atoms with Crippen LogP contribution in [0.2, 0.25) is 0 Å². The van der Waals surface area contributed by atoms with Gasteiger partial charge in [0, 0.05) is 5.97 Å². The van der Waals surface area contributed by atoms with Crippen molar-refractivity contribution in [3.05, 3.63) is 25.3 Å². The van der Waals surface area contributed by atoms with Crippen LogP contribution in [-0.2, 0) is 36.1 Å². The van der Waals surface area contributed by atoms with Crippen LogP contribution in [0.1, 0.15) is 0 Å². The molecule has 0 aliphatic heterocycles. The molecule has 0 amide bonds. The molecule has 86 valence electrons. The van der Waals surface area contributed by atoms with Crippen molar-refractivity contribution in [1.82, 2.24) is 0 Å². The van der Waals surface area contributed by atoms with Gasteiger partial charge in [-0.25, -0.2) is 0 Å². The van der Waals surface area contributed by atoms with Crippen molar-refractivity contribution in [3.63, 3.8) is 0 Å². The predicted molar refractivity (Wildman–Crippen MR) is 40.3 cm³/mol. The van der Waals surface area contributed by atoms with Gasteiger partial charge in [-0.2, -0.15) is 0 Å². The smallest absolute Gasteiger partial charge is 0.850 e. The predicted octanol–water partition coefficient (Wildman–Crippen LogP) is -5.06. The third kappa shape index (κ3) is 80.7. The van der Waals surface area contributed by atoms with Crippen molar-refractivity contribution in [2.45, 2.75) is 0 Å². The van der Waals surface area contributed by atoms with Gasteiger partial charge in [0.15, 0.2) is 0 Å². The summed E-state index contributed by atoms with van der Waals surface area (Å²) in [6.07, 6.45) is 1.44. The molecule has 0 aliphatic rings. The molecule has 0 N–H and O–H groups in total. The monoisotopic (exact) mass is 264 g/mol. The summed E-state index contributed by atoms with van der Waals surface area (Å²) in [7, 11) is 0. The number of carboxylic acid groups (broad SMARTS) is 3.